The standard InChI is InChI=1S/C14H13BrF2N2OS/c1-19(7-10-3-5-13(15)21-10)8-14(20)18-9-2-4-11(16)12(17)6-9/h2-6H,7-8H2,1H3,(H,18,20). The Morgan fingerprint density at radius 1 is 1.29 bits per heavy atom. The Hall–Kier alpha value is -1.31. The third-order valence-electron chi connectivity index (χ3n) is 2.67. The van der Waals surface area contributed by atoms with Crippen LogP contribution < -0.4 is 5.32 Å². The summed E-state index contributed by atoms with van der Waals surface area (Å²) in [5.74, 6) is -2.20. The first-order chi connectivity index (χ1) is 9.94. The van der Waals surface area contributed by atoms with Crippen LogP contribution in [-0.2, 0) is 11.3 Å². The lowest BCUT2D eigenvalue weighted by molar-refractivity contribution is -0.117. The third-order valence-corrected chi connectivity index (χ3v) is 4.28. The zero-order valence-electron chi connectivity index (χ0n) is 11.2. The third kappa shape index (κ3) is 4.87. The van der Waals surface area contributed by atoms with Crippen molar-refractivity contribution in [3.63, 3.8) is 0 Å². The van der Waals surface area contributed by atoms with Gasteiger partial charge in [0.05, 0.1) is 10.3 Å². The number of nitrogens with zero attached hydrogens (tertiary/aromatic N) is 1. The first-order valence-corrected chi connectivity index (χ1v) is 7.72. The molecule has 0 atom stereocenters. The molecule has 2 aromatic rings. The fourth-order valence-electron chi connectivity index (χ4n) is 1.78. The smallest absolute Gasteiger partial charge is 0.238 e. The van der Waals surface area contributed by atoms with Crippen LogP contribution in [0.25, 0.3) is 0 Å². The maximum atomic E-state index is 13.0. The highest BCUT2D eigenvalue weighted by molar-refractivity contribution is 9.11. The van der Waals surface area contributed by atoms with Crippen LogP contribution >= 0.6 is 27.3 Å². The Bertz CT molecular complexity index is 648. The molecule has 0 radical (unpaired) electrons. The Labute approximate surface area is 133 Å². The summed E-state index contributed by atoms with van der Waals surface area (Å²) in [6.45, 7) is 0.802. The highest BCUT2D eigenvalue weighted by Crippen LogP contribution is 2.22. The lowest BCUT2D eigenvalue weighted by atomic mass is 10.3. The molecule has 2 rings (SSSR count). The van der Waals surface area contributed by atoms with Crippen LogP contribution in [0.3, 0.4) is 0 Å². The highest BCUT2D eigenvalue weighted by atomic mass is 79.9. The van der Waals surface area contributed by atoms with Crippen LogP contribution in [0, 0.1) is 11.6 Å². The molecule has 0 spiro atoms. The van der Waals surface area contributed by atoms with Crippen molar-refractivity contribution in [2.75, 3.05) is 18.9 Å². The van der Waals surface area contributed by atoms with Crippen LogP contribution in [0.4, 0.5) is 14.5 Å². The van der Waals surface area contributed by atoms with Gasteiger partial charge in [-0.25, -0.2) is 8.78 Å². The van der Waals surface area contributed by atoms with E-state index in [9.17, 15) is 13.6 Å². The van der Waals surface area contributed by atoms with E-state index in [1.807, 2.05) is 24.1 Å². The minimum atomic E-state index is -0.982. The van der Waals surface area contributed by atoms with Gasteiger partial charge in [-0.1, -0.05) is 0 Å². The second-order valence-electron chi connectivity index (χ2n) is 4.56. The highest BCUT2D eigenvalue weighted by Gasteiger charge is 2.10. The molecule has 0 aliphatic rings. The van der Waals surface area contributed by atoms with Gasteiger partial charge in [-0.2, -0.15) is 0 Å². The van der Waals surface area contributed by atoms with E-state index in [1.165, 1.54) is 6.07 Å². The van der Waals surface area contributed by atoms with E-state index in [4.69, 9.17) is 0 Å². The van der Waals surface area contributed by atoms with Crippen molar-refractivity contribution in [2.24, 2.45) is 0 Å². The number of anilines is 1. The Balaban J connectivity index is 1.87. The molecule has 0 unspecified atom stereocenters. The van der Waals surface area contributed by atoms with Gasteiger partial charge in [-0.05, 0) is 47.2 Å². The van der Waals surface area contributed by atoms with E-state index in [0.717, 1.165) is 20.8 Å². The molecule has 0 bridgehead atoms. The molecule has 7 heteroatoms. The van der Waals surface area contributed by atoms with Crippen molar-refractivity contribution >= 4 is 38.9 Å². The molecular formula is C14H13BrF2N2OS. The number of amides is 1. The number of carbonyl (C=O) groups is 1. The Kier molecular flexibility index (Phi) is 5.44. The number of nitrogens with one attached hydrogen (secondary N) is 1. The van der Waals surface area contributed by atoms with Crippen LogP contribution in [0.1, 0.15) is 4.88 Å². The van der Waals surface area contributed by atoms with E-state index < -0.39 is 11.6 Å². The molecule has 0 saturated carbocycles. The second-order valence-corrected chi connectivity index (χ2v) is 7.10. The first kappa shape index (κ1) is 16.1. The largest absolute Gasteiger partial charge is 0.325 e. The van der Waals surface area contributed by atoms with Crippen molar-refractivity contribution in [3.8, 4) is 0 Å². The summed E-state index contributed by atoms with van der Waals surface area (Å²) in [6, 6.07) is 7.21. The molecule has 1 N–H and O–H groups in total. The van der Waals surface area contributed by atoms with E-state index in [1.54, 1.807) is 11.3 Å². The summed E-state index contributed by atoms with van der Waals surface area (Å²) in [5.41, 5.74) is 0.242. The van der Waals surface area contributed by atoms with Gasteiger partial charge in [0, 0.05) is 23.2 Å². The van der Waals surface area contributed by atoms with Gasteiger partial charge < -0.3 is 5.32 Å². The number of rotatable bonds is 5. The van der Waals surface area contributed by atoms with Gasteiger partial charge in [-0.15, -0.1) is 11.3 Å². The molecule has 1 aromatic heterocycles. The van der Waals surface area contributed by atoms with E-state index >= 15 is 0 Å². The number of hydrogen-bond acceptors (Lipinski definition) is 3. The summed E-state index contributed by atoms with van der Waals surface area (Å²) in [7, 11) is 1.82. The molecular weight excluding hydrogens is 362 g/mol. The maximum Gasteiger partial charge on any atom is 0.238 e. The molecule has 1 amide bonds. The molecule has 1 heterocycles. The van der Waals surface area contributed by atoms with Crippen LogP contribution in [0.5, 0.6) is 0 Å². The quantitative estimate of drug-likeness (QED) is 0.861. The average Bonchev–Trinajstić information content (AvgIpc) is 2.79. The minimum Gasteiger partial charge on any atom is -0.325 e. The van der Waals surface area contributed by atoms with Crippen molar-refractivity contribution in [1.82, 2.24) is 4.90 Å². The number of carbonyl (C=O) groups excluding carboxylic acids is 1. The predicted octanol–water partition coefficient (Wildman–Crippen LogP) is 3.86. The van der Waals surface area contributed by atoms with E-state index in [2.05, 4.69) is 21.2 Å². The average molecular weight is 375 g/mol. The molecule has 0 saturated heterocycles. The van der Waals surface area contributed by atoms with Gasteiger partial charge in [-0.3, -0.25) is 9.69 Å². The Morgan fingerprint density at radius 3 is 2.67 bits per heavy atom. The van der Waals surface area contributed by atoms with Crippen molar-refractivity contribution < 1.29 is 13.6 Å². The molecule has 0 aliphatic heterocycles. The summed E-state index contributed by atoms with van der Waals surface area (Å²) in [5, 5.41) is 2.54. The number of thiophene rings is 1. The lowest BCUT2D eigenvalue weighted by Crippen LogP contribution is -2.29. The van der Waals surface area contributed by atoms with Gasteiger partial charge in [0.15, 0.2) is 11.6 Å². The molecule has 112 valence electrons. The van der Waals surface area contributed by atoms with Crippen molar-refractivity contribution in [3.05, 3.63) is 50.6 Å². The molecule has 21 heavy (non-hydrogen) atoms. The predicted molar refractivity (Wildman–Crippen MR) is 83.3 cm³/mol. The summed E-state index contributed by atoms with van der Waals surface area (Å²) >= 11 is 4.99. The summed E-state index contributed by atoms with van der Waals surface area (Å²) in [4.78, 5) is 14.8. The van der Waals surface area contributed by atoms with Gasteiger partial charge in [0.2, 0.25) is 5.91 Å². The summed E-state index contributed by atoms with van der Waals surface area (Å²) < 4.78 is 26.9. The van der Waals surface area contributed by atoms with Crippen LogP contribution in [0.2, 0.25) is 0 Å². The Morgan fingerprint density at radius 2 is 2.05 bits per heavy atom. The van der Waals surface area contributed by atoms with Crippen LogP contribution in [0.15, 0.2) is 34.1 Å². The summed E-state index contributed by atoms with van der Waals surface area (Å²) in [6.07, 6.45) is 0. The maximum absolute atomic E-state index is 13.0. The SMILES string of the molecule is CN(CC(=O)Nc1ccc(F)c(F)c1)Cc1ccc(Br)s1. The number of hydrogen-bond donors (Lipinski definition) is 1. The number of halogens is 3. The molecule has 1 aromatic carbocycles. The minimum absolute atomic E-state index is 0.161. The normalized spacial score (nSPS) is 10.9. The topological polar surface area (TPSA) is 32.3 Å². The van der Waals surface area contributed by atoms with Crippen LogP contribution in [-0.4, -0.2) is 24.4 Å². The monoisotopic (exact) mass is 374 g/mol. The molecule has 3 nitrogen and oxygen atoms in total. The second kappa shape index (κ2) is 7.11. The van der Waals surface area contributed by atoms with Gasteiger partial charge >= 0.3 is 0 Å². The fraction of sp³-hybridized carbons (Fsp3) is 0.214. The zero-order chi connectivity index (χ0) is 15.4. The fourth-order valence-corrected chi connectivity index (χ4v) is 3.34. The number of likely N-dealkylation sites (N-methyl/N-ethyl adjacent to an activating group) is 1. The lowest BCUT2D eigenvalue weighted by Gasteiger charge is -2.15. The number of benzene rings is 1. The van der Waals surface area contributed by atoms with E-state index in [0.29, 0.717) is 6.54 Å². The van der Waals surface area contributed by atoms with E-state index in [-0.39, 0.29) is 18.1 Å². The zero-order valence-corrected chi connectivity index (χ0v) is 13.6. The molecule has 0 fully saturated rings. The first-order valence-electron chi connectivity index (χ1n) is 6.11. The molecule has 0 aliphatic carbocycles. The van der Waals surface area contributed by atoms with Gasteiger partial charge in [0.1, 0.15) is 0 Å². The van der Waals surface area contributed by atoms with Crippen molar-refractivity contribution in [2.45, 2.75) is 6.54 Å². The van der Waals surface area contributed by atoms with Crippen molar-refractivity contribution in [1.29, 1.82) is 0 Å². The van der Waals surface area contributed by atoms with Gasteiger partial charge in [0.25, 0.3) is 0 Å².